The average Bonchev–Trinajstić information content (AvgIpc) is 3.15. The molecule has 0 bridgehead atoms. The molecule has 1 aliphatic heterocycles. The number of aryl methyl sites for hydroxylation is 1. The van der Waals surface area contributed by atoms with Crippen LogP contribution in [0.1, 0.15) is 17.7 Å². The number of hydrogen-bond acceptors (Lipinski definition) is 3. The minimum Gasteiger partial charge on any atom is -0.331 e. The first-order valence-electron chi connectivity index (χ1n) is 9.29. The van der Waals surface area contributed by atoms with Gasteiger partial charge in [-0.3, -0.25) is 9.59 Å². The molecule has 1 saturated heterocycles. The molecule has 7 heteroatoms. The van der Waals surface area contributed by atoms with Crippen LogP contribution >= 0.6 is 11.3 Å². The van der Waals surface area contributed by atoms with Crippen molar-refractivity contribution in [3.8, 4) is 0 Å². The predicted molar refractivity (Wildman–Crippen MR) is 104 cm³/mol. The Kier molecular flexibility index (Phi) is 6.95. The highest BCUT2D eigenvalue weighted by Gasteiger charge is 2.24. The Balaban J connectivity index is 1.35. The molecule has 2 aromatic rings. The van der Waals surface area contributed by atoms with Gasteiger partial charge in [0.2, 0.25) is 5.91 Å². The number of nitrogens with one attached hydrogen (secondary N) is 2. The highest BCUT2D eigenvalue weighted by molar-refractivity contribution is 7.09. The van der Waals surface area contributed by atoms with Gasteiger partial charge in [0, 0.05) is 17.0 Å². The van der Waals surface area contributed by atoms with Crippen molar-refractivity contribution in [1.82, 2.24) is 4.90 Å². The van der Waals surface area contributed by atoms with Crippen LogP contribution in [0.25, 0.3) is 0 Å². The summed E-state index contributed by atoms with van der Waals surface area (Å²) < 4.78 is 13.2. The SMILES string of the molecule is O=C(C[NH+]1CCN(C(=O)CCCc2cccs2)CC1)Nc1cccc(F)c1. The van der Waals surface area contributed by atoms with Crippen LogP contribution < -0.4 is 10.2 Å². The van der Waals surface area contributed by atoms with Crippen LogP contribution in [0.3, 0.4) is 0 Å². The highest BCUT2D eigenvalue weighted by Crippen LogP contribution is 2.12. The Morgan fingerprint density at radius 2 is 2.00 bits per heavy atom. The number of quaternary nitrogens is 1. The second-order valence-electron chi connectivity index (χ2n) is 6.80. The number of amides is 2. The van der Waals surface area contributed by atoms with Crippen molar-refractivity contribution in [2.75, 3.05) is 38.0 Å². The van der Waals surface area contributed by atoms with E-state index in [0.717, 1.165) is 30.8 Å². The topological polar surface area (TPSA) is 53.9 Å². The molecule has 0 atom stereocenters. The summed E-state index contributed by atoms with van der Waals surface area (Å²) in [6.45, 7) is 3.21. The van der Waals surface area contributed by atoms with E-state index in [0.29, 0.717) is 31.7 Å². The molecule has 2 heterocycles. The van der Waals surface area contributed by atoms with Crippen molar-refractivity contribution < 1.29 is 18.9 Å². The normalized spacial score (nSPS) is 14.9. The molecule has 2 N–H and O–H groups in total. The zero-order valence-corrected chi connectivity index (χ0v) is 16.1. The summed E-state index contributed by atoms with van der Waals surface area (Å²) >= 11 is 1.73. The zero-order valence-electron chi connectivity index (χ0n) is 15.2. The van der Waals surface area contributed by atoms with Crippen molar-refractivity contribution in [3.05, 3.63) is 52.5 Å². The van der Waals surface area contributed by atoms with Crippen LogP contribution in [0.4, 0.5) is 10.1 Å². The molecule has 3 rings (SSSR count). The lowest BCUT2D eigenvalue weighted by Crippen LogP contribution is -3.15. The van der Waals surface area contributed by atoms with Gasteiger partial charge in [-0.05, 0) is 42.5 Å². The minimum atomic E-state index is -0.369. The van der Waals surface area contributed by atoms with Gasteiger partial charge in [0.15, 0.2) is 6.54 Å². The quantitative estimate of drug-likeness (QED) is 0.754. The number of rotatable bonds is 7. The maximum Gasteiger partial charge on any atom is 0.279 e. The number of nitrogens with zero attached hydrogens (tertiary/aromatic N) is 1. The van der Waals surface area contributed by atoms with Gasteiger partial charge >= 0.3 is 0 Å². The number of carbonyl (C=O) groups is 2. The van der Waals surface area contributed by atoms with E-state index in [1.54, 1.807) is 23.5 Å². The molecule has 5 nitrogen and oxygen atoms in total. The Hall–Kier alpha value is -2.25. The molecule has 1 aromatic carbocycles. The van der Waals surface area contributed by atoms with Gasteiger partial charge in [0.25, 0.3) is 5.91 Å². The van der Waals surface area contributed by atoms with Gasteiger partial charge in [-0.25, -0.2) is 4.39 Å². The number of anilines is 1. The van der Waals surface area contributed by atoms with E-state index in [9.17, 15) is 14.0 Å². The molecule has 0 unspecified atom stereocenters. The van der Waals surface area contributed by atoms with Crippen LogP contribution in [-0.2, 0) is 16.0 Å². The summed E-state index contributed by atoms with van der Waals surface area (Å²) in [5, 5.41) is 4.79. The van der Waals surface area contributed by atoms with E-state index in [2.05, 4.69) is 16.8 Å². The Bertz CT molecular complexity index is 758. The number of halogens is 1. The number of hydrogen-bond donors (Lipinski definition) is 2. The Morgan fingerprint density at radius 1 is 1.19 bits per heavy atom. The summed E-state index contributed by atoms with van der Waals surface area (Å²) in [7, 11) is 0. The third kappa shape index (κ3) is 6.15. The molecular formula is C20H25FN3O2S+. The van der Waals surface area contributed by atoms with Crippen LogP contribution in [0.15, 0.2) is 41.8 Å². The number of thiophene rings is 1. The van der Waals surface area contributed by atoms with E-state index in [-0.39, 0.29) is 17.6 Å². The fraction of sp³-hybridized carbons (Fsp3) is 0.400. The molecule has 0 saturated carbocycles. The Labute approximate surface area is 162 Å². The second kappa shape index (κ2) is 9.62. The van der Waals surface area contributed by atoms with E-state index in [4.69, 9.17) is 0 Å². The summed E-state index contributed by atoms with van der Waals surface area (Å²) in [4.78, 5) is 28.8. The molecule has 1 aliphatic rings. The summed E-state index contributed by atoms with van der Waals surface area (Å²) in [6.07, 6.45) is 2.41. The van der Waals surface area contributed by atoms with Crippen LogP contribution in [0.5, 0.6) is 0 Å². The average molecular weight is 391 g/mol. The van der Waals surface area contributed by atoms with Crippen molar-refractivity contribution in [3.63, 3.8) is 0 Å². The molecule has 0 radical (unpaired) electrons. The van der Waals surface area contributed by atoms with Gasteiger partial charge in [-0.15, -0.1) is 11.3 Å². The van der Waals surface area contributed by atoms with E-state index < -0.39 is 0 Å². The lowest BCUT2D eigenvalue weighted by molar-refractivity contribution is -0.895. The minimum absolute atomic E-state index is 0.133. The number of carbonyl (C=O) groups excluding carboxylic acids is 2. The maximum atomic E-state index is 13.2. The Morgan fingerprint density at radius 3 is 2.70 bits per heavy atom. The van der Waals surface area contributed by atoms with Gasteiger partial charge in [0.05, 0.1) is 26.2 Å². The maximum absolute atomic E-state index is 13.2. The van der Waals surface area contributed by atoms with Crippen molar-refractivity contribution >= 4 is 28.8 Å². The lowest BCUT2D eigenvalue weighted by Gasteiger charge is -2.32. The van der Waals surface area contributed by atoms with Gasteiger partial charge in [0.1, 0.15) is 5.82 Å². The van der Waals surface area contributed by atoms with Gasteiger partial charge in [-0.1, -0.05) is 12.1 Å². The largest absolute Gasteiger partial charge is 0.331 e. The molecule has 1 aromatic heterocycles. The second-order valence-corrected chi connectivity index (χ2v) is 7.83. The van der Waals surface area contributed by atoms with Crippen molar-refractivity contribution in [1.29, 1.82) is 0 Å². The smallest absolute Gasteiger partial charge is 0.279 e. The molecule has 0 spiro atoms. The fourth-order valence-corrected chi connectivity index (χ4v) is 4.03. The molecule has 144 valence electrons. The summed E-state index contributed by atoms with van der Waals surface area (Å²) in [6, 6.07) is 10.0. The van der Waals surface area contributed by atoms with Gasteiger partial charge in [-0.2, -0.15) is 0 Å². The standard InChI is InChI=1S/C20H24FN3O2S/c21-16-4-1-5-17(14-16)22-19(25)15-23-9-11-24(12-10-23)20(26)8-2-6-18-7-3-13-27-18/h1,3-5,7,13-14H,2,6,8-12,15H2,(H,22,25)/p+1. The zero-order chi connectivity index (χ0) is 19.1. The van der Waals surface area contributed by atoms with Crippen LogP contribution in [0, 0.1) is 5.82 Å². The fourth-order valence-electron chi connectivity index (χ4n) is 3.27. The molecule has 1 fully saturated rings. The third-order valence-corrected chi connectivity index (χ3v) is 5.67. The third-order valence-electron chi connectivity index (χ3n) is 4.74. The molecule has 2 amide bonds. The monoisotopic (exact) mass is 390 g/mol. The highest BCUT2D eigenvalue weighted by atomic mass is 32.1. The predicted octanol–water partition coefficient (Wildman–Crippen LogP) is 1.58. The first-order chi connectivity index (χ1) is 13.1. The van der Waals surface area contributed by atoms with Gasteiger partial charge < -0.3 is 15.1 Å². The first kappa shape index (κ1) is 19.5. The van der Waals surface area contributed by atoms with Crippen LogP contribution in [-0.4, -0.2) is 49.4 Å². The number of piperazine rings is 1. The summed E-state index contributed by atoms with van der Waals surface area (Å²) in [5.41, 5.74) is 0.471. The van der Waals surface area contributed by atoms with E-state index >= 15 is 0 Å². The first-order valence-corrected chi connectivity index (χ1v) is 10.2. The van der Waals surface area contributed by atoms with Crippen LogP contribution in [0.2, 0.25) is 0 Å². The van der Waals surface area contributed by atoms with E-state index in [1.807, 2.05) is 11.0 Å². The molecule has 27 heavy (non-hydrogen) atoms. The number of benzene rings is 1. The molecule has 0 aliphatic carbocycles. The summed E-state index contributed by atoms with van der Waals surface area (Å²) in [5.74, 6) is -0.299. The molecular weight excluding hydrogens is 365 g/mol. The van der Waals surface area contributed by atoms with Crippen molar-refractivity contribution in [2.24, 2.45) is 0 Å². The van der Waals surface area contributed by atoms with Crippen molar-refractivity contribution in [2.45, 2.75) is 19.3 Å². The van der Waals surface area contributed by atoms with E-state index in [1.165, 1.54) is 17.0 Å². The lowest BCUT2D eigenvalue weighted by atomic mass is 10.2.